The van der Waals surface area contributed by atoms with Crippen molar-refractivity contribution < 1.29 is 14.4 Å². The Morgan fingerprint density at radius 2 is 2.05 bits per heavy atom. The van der Waals surface area contributed by atoms with Crippen molar-refractivity contribution in [2.24, 2.45) is 5.92 Å². The lowest BCUT2D eigenvalue weighted by atomic mass is 9.99. The molecule has 4 amide bonds. The zero-order valence-electron chi connectivity index (χ0n) is 11.6. The van der Waals surface area contributed by atoms with Crippen molar-refractivity contribution in [1.82, 2.24) is 10.2 Å². The van der Waals surface area contributed by atoms with Crippen molar-refractivity contribution >= 4 is 29.2 Å². The maximum Gasteiger partial charge on any atom is 0.331 e. The lowest BCUT2D eigenvalue weighted by Crippen LogP contribution is -2.57. The molecule has 0 bridgehead atoms. The van der Waals surface area contributed by atoms with Gasteiger partial charge in [-0.15, -0.1) is 11.3 Å². The number of carbonyl (C=O) groups is 3. The first-order valence-electron chi connectivity index (χ1n) is 6.79. The number of hydrogen-bond donors (Lipinski definition) is 1. The molecule has 1 saturated heterocycles. The minimum Gasteiger partial charge on any atom is -0.277 e. The lowest BCUT2D eigenvalue weighted by molar-refractivity contribution is -0.143. The lowest BCUT2D eigenvalue weighted by Gasteiger charge is -2.30. The second-order valence-corrected chi connectivity index (χ2v) is 5.78. The molecule has 0 aliphatic carbocycles. The Labute approximate surface area is 122 Å². The summed E-state index contributed by atoms with van der Waals surface area (Å²) in [5.74, 6) is -1.58. The molecule has 0 saturated carbocycles. The molecule has 1 N–H and O–H groups in total. The van der Waals surface area contributed by atoms with Crippen LogP contribution >= 0.6 is 11.3 Å². The summed E-state index contributed by atoms with van der Waals surface area (Å²) in [5.41, 5.74) is 1.14. The average Bonchev–Trinajstić information content (AvgIpc) is 2.86. The van der Waals surface area contributed by atoms with Gasteiger partial charge in [0.15, 0.2) is 0 Å². The smallest absolute Gasteiger partial charge is 0.277 e. The van der Waals surface area contributed by atoms with Gasteiger partial charge in [-0.2, -0.15) is 0 Å². The van der Waals surface area contributed by atoms with Crippen LogP contribution in [-0.2, 0) is 22.6 Å². The monoisotopic (exact) mass is 294 g/mol. The summed E-state index contributed by atoms with van der Waals surface area (Å²) < 4.78 is 0. The van der Waals surface area contributed by atoms with E-state index in [0.717, 1.165) is 28.2 Å². The molecular formula is C14H18N2O3S. The van der Waals surface area contributed by atoms with Gasteiger partial charge in [0, 0.05) is 4.88 Å². The Morgan fingerprint density at radius 3 is 2.70 bits per heavy atom. The molecule has 0 radical (unpaired) electrons. The molecule has 108 valence electrons. The van der Waals surface area contributed by atoms with E-state index >= 15 is 0 Å². The standard InChI is InChI=1S/C14H18N2O3S/c1-3-5-10-12(17)15-14(19)16(13(10)18)8-11-9(4-2)6-7-20-11/h6-7,10H,3-5,8H2,1-2H3,(H,15,17,19). The van der Waals surface area contributed by atoms with E-state index in [2.05, 4.69) is 5.32 Å². The number of amides is 4. The van der Waals surface area contributed by atoms with Crippen LogP contribution in [0.25, 0.3) is 0 Å². The molecule has 1 fully saturated rings. The number of nitrogens with one attached hydrogen (secondary N) is 1. The van der Waals surface area contributed by atoms with E-state index in [0.29, 0.717) is 6.42 Å². The number of barbiturate groups is 1. The van der Waals surface area contributed by atoms with E-state index < -0.39 is 17.9 Å². The Hall–Kier alpha value is -1.69. The fourth-order valence-corrected chi connectivity index (χ4v) is 3.28. The Bertz CT molecular complexity index is 538. The summed E-state index contributed by atoms with van der Waals surface area (Å²) in [5, 5.41) is 4.23. The SMILES string of the molecule is CCCC1C(=O)NC(=O)N(Cc2sccc2CC)C1=O. The molecule has 1 aromatic heterocycles. The zero-order valence-corrected chi connectivity index (χ0v) is 12.5. The molecule has 1 unspecified atom stereocenters. The molecule has 2 rings (SSSR count). The van der Waals surface area contributed by atoms with E-state index in [4.69, 9.17) is 0 Å². The fourth-order valence-electron chi connectivity index (χ4n) is 2.32. The van der Waals surface area contributed by atoms with Crippen LogP contribution in [0.2, 0.25) is 0 Å². The molecule has 1 aliphatic heterocycles. The molecule has 0 aromatic carbocycles. The Kier molecular flexibility index (Phi) is 4.54. The molecule has 0 spiro atoms. The van der Waals surface area contributed by atoms with Gasteiger partial charge in [-0.1, -0.05) is 20.3 Å². The quantitative estimate of drug-likeness (QED) is 0.847. The highest BCUT2D eigenvalue weighted by Crippen LogP contribution is 2.23. The summed E-state index contributed by atoms with van der Waals surface area (Å²) in [6, 6.07) is 1.39. The Morgan fingerprint density at radius 1 is 1.30 bits per heavy atom. The highest BCUT2D eigenvalue weighted by Gasteiger charge is 2.39. The highest BCUT2D eigenvalue weighted by atomic mass is 32.1. The summed E-state index contributed by atoms with van der Waals surface area (Å²) >= 11 is 1.53. The minimum absolute atomic E-state index is 0.249. The van der Waals surface area contributed by atoms with Gasteiger partial charge in [-0.05, 0) is 29.9 Å². The number of urea groups is 1. The molecule has 6 heteroatoms. The summed E-state index contributed by atoms with van der Waals surface area (Å²) in [7, 11) is 0. The first-order chi connectivity index (χ1) is 9.58. The van der Waals surface area contributed by atoms with Crippen LogP contribution in [0.5, 0.6) is 0 Å². The van der Waals surface area contributed by atoms with Crippen LogP contribution in [0.4, 0.5) is 4.79 Å². The number of hydrogen-bond acceptors (Lipinski definition) is 4. The third kappa shape index (κ3) is 2.75. The topological polar surface area (TPSA) is 66.5 Å². The highest BCUT2D eigenvalue weighted by molar-refractivity contribution is 7.10. The average molecular weight is 294 g/mol. The molecule has 20 heavy (non-hydrogen) atoms. The first-order valence-corrected chi connectivity index (χ1v) is 7.67. The van der Waals surface area contributed by atoms with Crippen molar-refractivity contribution in [2.45, 2.75) is 39.7 Å². The van der Waals surface area contributed by atoms with E-state index in [1.54, 1.807) is 0 Å². The predicted molar refractivity (Wildman–Crippen MR) is 76.2 cm³/mol. The zero-order chi connectivity index (χ0) is 14.7. The van der Waals surface area contributed by atoms with Crippen molar-refractivity contribution in [3.05, 3.63) is 21.9 Å². The number of aryl methyl sites for hydroxylation is 1. The fraction of sp³-hybridized carbons (Fsp3) is 0.500. The molecule has 2 heterocycles. The predicted octanol–water partition coefficient (Wildman–Crippen LogP) is 2.31. The second-order valence-electron chi connectivity index (χ2n) is 4.78. The van der Waals surface area contributed by atoms with E-state index in [9.17, 15) is 14.4 Å². The van der Waals surface area contributed by atoms with Crippen molar-refractivity contribution in [3.8, 4) is 0 Å². The van der Waals surface area contributed by atoms with Crippen LogP contribution < -0.4 is 5.32 Å². The van der Waals surface area contributed by atoms with Crippen LogP contribution in [0.15, 0.2) is 11.4 Å². The normalized spacial score (nSPS) is 19.4. The van der Waals surface area contributed by atoms with Gasteiger partial charge in [-0.25, -0.2) is 4.79 Å². The summed E-state index contributed by atoms with van der Waals surface area (Å²) in [6.45, 7) is 4.20. The van der Waals surface area contributed by atoms with E-state index in [1.165, 1.54) is 11.3 Å². The number of thiophene rings is 1. The number of imide groups is 2. The molecular weight excluding hydrogens is 276 g/mol. The van der Waals surface area contributed by atoms with Gasteiger partial charge in [0.1, 0.15) is 5.92 Å². The maximum atomic E-state index is 12.3. The number of carbonyl (C=O) groups excluding carboxylic acids is 3. The molecule has 1 aromatic rings. The molecule has 5 nitrogen and oxygen atoms in total. The van der Waals surface area contributed by atoms with Crippen molar-refractivity contribution in [1.29, 1.82) is 0 Å². The van der Waals surface area contributed by atoms with E-state index in [-0.39, 0.29) is 12.5 Å². The van der Waals surface area contributed by atoms with E-state index in [1.807, 2.05) is 25.3 Å². The van der Waals surface area contributed by atoms with Gasteiger partial charge in [-0.3, -0.25) is 19.8 Å². The molecule has 1 aliphatic rings. The van der Waals surface area contributed by atoms with Crippen LogP contribution in [0, 0.1) is 5.92 Å². The van der Waals surface area contributed by atoms with Crippen molar-refractivity contribution in [2.75, 3.05) is 0 Å². The number of nitrogens with zero attached hydrogens (tertiary/aromatic N) is 1. The largest absolute Gasteiger partial charge is 0.331 e. The maximum absolute atomic E-state index is 12.3. The minimum atomic E-state index is -0.734. The van der Waals surface area contributed by atoms with Crippen LogP contribution in [0.3, 0.4) is 0 Å². The Balaban J connectivity index is 2.19. The molecule has 1 atom stereocenters. The number of rotatable bonds is 5. The van der Waals surface area contributed by atoms with Crippen molar-refractivity contribution in [3.63, 3.8) is 0 Å². The third-order valence-corrected chi connectivity index (χ3v) is 4.40. The third-order valence-electron chi connectivity index (χ3n) is 3.45. The summed E-state index contributed by atoms with van der Waals surface area (Å²) in [6.07, 6.45) is 2.06. The van der Waals surface area contributed by atoms with Crippen LogP contribution in [-0.4, -0.2) is 22.7 Å². The summed E-state index contributed by atoms with van der Waals surface area (Å²) in [4.78, 5) is 38.0. The van der Waals surface area contributed by atoms with Gasteiger partial charge in [0.25, 0.3) is 0 Å². The van der Waals surface area contributed by atoms with Gasteiger partial charge < -0.3 is 0 Å². The van der Waals surface area contributed by atoms with Gasteiger partial charge in [0.05, 0.1) is 6.54 Å². The van der Waals surface area contributed by atoms with Crippen LogP contribution in [0.1, 0.15) is 37.1 Å². The van der Waals surface area contributed by atoms with Gasteiger partial charge >= 0.3 is 6.03 Å². The second kappa shape index (κ2) is 6.17. The first kappa shape index (κ1) is 14.7. The van der Waals surface area contributed by atoms with Gasteiger partial charge in [0.2, 0.25) is 11.8 Å².